The van der Waals surface area contributed by atoms with E-state index in [9.17, 15) is 0 Å². The summed E-state index contributed by atoms with van der Waals surface area (Å²) in [4.78, 5) is 0. The topological polar surface area (TPSA) is 55.9 Å². The first-order valence-corrected chi connectivity index (χ1v) is 8.04. The number of hydrogen-bond donors (Lipinski definition) is 2. The van der Waals surface area contributed by atoms with Gasteiger partial charge in [-0.1, -0.05) is 25.1 Å². The molecule has 0 aliphatic carbocycles. The molecule has 2 heterocycles. The number of fused-ring (bicyclic) bond motifs is 1. The molecule has 0 saturated heterocycles. The molecule has 3 rings (SSSR count). The van der Waals surface area contributed by atoms with E-state index in [0.717, 1.165) is 18.5 Å². The van der Waals surface area contributed by atoms with E-state index in [1.165, 1.54) is 21.2 Å². The lowest BCUT2D eigenvalue weighted by Crippen LogP contribution is -2.30. The van der Waals surface area contributed by atoms with Crippen molar-refractivity contribution < 1.29 is 0 Å². The lowest BCUT2D eigenvalue weighted by Gasteiger charge is -2.15. The fourth-order valence-corrected chi connectivity index (χ4v) is 3.76. The number of aryl methyl sites for hydroxylation is 2. The van der Waals surface area contributed by atoms with Gasteiger partial charge < -0.3 is 0 Å². The third-order valence-electron chi connectivity index (χ3n) is 3.83. The van der Waals surface area contributed by atoms with Crippen LogP contribution in [-0.2, 0) is 19.9 Å². The number of rotatable bonds is 5. The van der Waals surface area contributed by atoms with Crippen LogP contribution < -0.4 is 11.3 Å². The van der Waals surface area contributed by atoms with Crippen molar-refractivity contribution >= 4 is 21.4 Å². The highest BCUT2D eigenvalue weighted by atomic mass is 32.1. The lowest BCUT2D eigenvalue weighted by atomic mass is 9.98. The van der Waals surface area contributed by atoms with Crippen LogP contribution in [0.2, 0.25) is 0 Å². The van der Waals surface area contributed by atoms with Gasteiger partial charge in [-0.15, -0.1) is 11.3 Å². The lowest BCUT2D eigenvalue weighted by molar-refractivity contribution is 0.549. The van der Waals surface area contributed by atoms with Gasteiger partial charge in [-0.2, -0.15) is 5.10 Å². The number of nitrogens with one attached hydrogen (secondary N) is 1. The van der Waals surface area contributed by atoms with Crippen LogP contribution in [0.25, 0.3) is 10.1 Å². The Kier molecular flexibility index (Phi) is 4.05. The Balaban J connectivity index is 1.94. The predicted molar refractivity (Wildman–Crippen MR) is 88.2 cm³/mol. The van der Waals surface area contributed by atoms with Crippen LogP contribution in [0.15, 0.2) is 35.8 Å². The quantitative estimate of drug-likeness (QED) is 0.562. The molecule has 5 heteroatoms. The van der Waals surface area contributed by atoms with Crippen molar-refractivity contribution in [3.63, 3.8) is 0 Å². The van der Waals surface area contributed by atoms with E-state index in [1.807, 2.05) is 11.7 Å². The number of thiophene rings is 1. The molecule has 4 nitrogen and oxygen atoms in total. The van der Waals surface area contributed by atoms with E-state index in [4.69, 9.17) is 5.84 Å². The predicted octanol–water partition coefficient (Wildman–Crippen LogP) is 2.94. The smallest absolute Gasteiger partial charge is 0.0670 e. The molecule has 3 aromatic rings. The molecule has 21 heavy (non-hydrogen) atoms. The van der Waals surface area contributed by atoms with Gasteiger partial charge in [0.05, 0.1) is 11.7 Å². The van der Waals surface area contributed by atoms with E-state index in [-0.39, 0.29) is 6.04 Å². The standard InChI is InChI=1S/C16H20N4S/c1-3-14-13(9-20(2)19-14)15(18-17)8-11-10-21-16-7-5-4-6-12(11)16/h4-7,9-10,15,18H,3,8,17H2,1-2H3. The molecule has 0 bridgehead atoms. The summed E-state index contributed by atoms with van der Waals surface area (Å²) >= 11 is 1.79. The molecule has 2 aromatic heterocycles. The Labute approximate surface area is 128 Å². The maximum atomic E-state index is 5.81. The van der Waals surface area contributed by atoms with Gasteiger partial charge in [0.15, 0.2) is 0 Å². The second-order valence-electron chi connectivity index (χ2n) is 5.24. The van der Waals surface area contributed by atoms with E-state index < -0.39 is 0 Å². The minimum absolute atomic E-state index is 0.0895. The minimum atomic E-state index is 0.0895. The van der Waals surface area contributed by atoms with Gasteiger partial charge >= 0.3 is 0 Å². The Hall–Kier alpha value is -1.69. The molecule has 0 aliphatic heterocycles. The molecule has 0 fully saturated rings. The van der Waals surface area contributed by atoms with Crippen LogP contribution in [0, 0.1) is 0 Å². The average Bonchev–Trinajstić information content (AvgIpc) is 3.08. The van der Waals surface area contributed by atoms with Crippen LogP contribution in [0.1, 0.15) is 29.8 Å². The zero-order chi connectivity index (χ0) is 14.8. The Morgan fingerprint density at radius 2 is 2.19 bits per heavy atom. The van der Waals surface area contributed by atoms with Gasteiger partial charge in [0, 0.05) is 23.5 Å². The Bertz CT molecular complexity index is 744. The minimum Gasteiger partial charge on any atom is -0.275 e. The summed E-state index contributed by atoms with van der Waals surface area (Å²) in [6.07, 6.45) is 3.86. The molecule has 0 saturated carbocycles. The molecule has 0 amide bonds. The summed E-state index contributed by atoms with van der Waals surface area (Å²) in [6.45, 7) is 2.12. The maximum Gasteiger partial charge on any atom is 0.0670 e. The van der Waals surface area contributed by atoms with E-state index in [1.54, 1.807) is 11.3 Å². The first-order chi connectivity index (χ1) is 10.2. The molecule has 1 unspecified atom stereocenters. The zero-order valence-electron chi connectivity index (χ0n) is 12.3. The van der Waals surface area contributed by atoms with Crippen molar-refractivity contribution in [2.75, 3.05) is 0 Å². The summed E-state index contributed by atoms with van der Waals surface area (Å²) in [5, 5.41) is 8.07. The van der Waals surface area contributed by atoms with Crippen LogP contribution in [0.3, 0.4) is 0 Å². The van der Waals surface area contributed by atoms with E-state index in [2.05, 4.69) is 53.3 Å². The molecular weight excluding hydrogens is 280 g/mol. The Morgan fingerprint density at radius 3 is 2.95 bits per heavy atom. The second kappa shape index (κ2) is 5.97. The molecule has 1 aromatic carbocycles. The molecule has 110 valence electrons. The van der Waals surface area contributed by atoms with Crippen molar-refractivity contribution in [3.8, 4) is 0 Å². The van der Waals surface area contributed by atoms with E-state index in [0.29, 0.717) is 0 Å². The van der Waals surface area contributed by atoms with Crippen molar-refractivity contribution in [2.24, 2.45) is 12.9 Å². The molecule has 1 atom stereocenters. The van der Waals surface area contributed by atoms with Crippen molar-refractivity contribution in [1.82, 2.24) is 15.2 Å². The van der Waals surface area contributed by atoms with Crippen LogP contribution in [-0.4, -0.2) is 9.78 Å². The highest BCUT2D eigenvalue weighted by Gasteiger charge is 2.18. The van der Waals surface area contributed by atoms with Crippen LogP contribution >= 0.6 is 11.3 Å². The third kappa shape index (κ3) is 2.72. The fourth-order valence-electron chi connectivity index (χ4n) is 2.79. The van der Waals surface area contributed by atoms with Gasteiger partial charge in [0.25, 0.3) is 0 Å². The maximum absolute atomic E-state index is 5.81. The van der Waals surface area contributed by atoms with Gasteiger partial charge in [-0.3, -0.25) is 16.0 Å². The highest BCUT2D eigenvalue weighted by Crippen LogP contribution is 2.30. The van der Waals surface area contributed by atoms with Crippen LogP contribution in [0.5, 0.6) is 0 Å². The summed E-state index contributed by atoms with van der Waals surface area (Å²) in [5.74, 6) is 5.81. The average molecular weight is 300 g/mol. The number of nitrogens with two attached hydrogens (primary N) is 1. The van der Waals surface area contributed by atoms with Gasteiger partial charge in [-0.25, -0.2) is 0 Å². The normalized spacial score (nSPS) is 12.9. The number of benzene rings is 1. The van der Waals surface area contributed by atoms with Crippen molar-refractivity contribution in [3.05, 3.63) is 52.7 Å². The fraction of sp³-hybridized carbons (Fsp3) is 0.312. The highest BCUT2D eigenvalue weighted by molar-refractivity contribution is 7.17. The summed E-state index contributed by atoms with van der Waals surface area (Å²) in [7, 11) is 1.95. The number of hydrogen-bond acceptors (Lipinski definition) is 4. The van der Waals surface area contributed by atoms with Gasteiger partial charge in [0.1, 0.15) is 0 Å². The summed E-state index contributed by atoms with van der Waals surface area (Å²) in [6, 6.07) is 8.60. The SMILES string of the molecule is CCc1nn(C)cc1C(Cc1csc2ccccc12)NN. The molecule has 0 spiro atoms. The molecule has 0 radical (unpaired) electrons. The molecular formula is C16H20N4S. The summed E-state index contributed by atoms with van der Waals surface area (Å²) in [5.41, 5.74) is 6.60. The largest absolute Gasteiger partial charge is 0.275 e. The van der Waals surface area contributed by atoms with Gasteiger partial charge in [0.2, 0.25) is 0 Å². The second-order valence-corrected chi connectivity index (χ2v) is 6.15. The number of hydrazine groups is 1. The van der Waals surface area contributed by atoms with Crippen LogP contribution in [0.4, 0.5) is 0 Å². The summed E-state index contributed by atoms with van der Waals surface area (Å²) < 4.78 is 3.19. The Morgan fingerprint density at radius 1 is 1.38 bits per heavy atom. The molecule has 3 N–H and O–H groups in total. The third-order valence-corrected chi connectivity index (χ3v) is 4.85. The first-order valence-electron chi connectivity index (χ1n) is 7.16. The monoisotopic (exact) mass is 300 g/mol. The van der Waals surface area contributed by atoms with E-state index >= 15 is 0 Å². The van der Waals surface area contributed by atoms with Crippen molar-refractivity contribution in [2.45, 2.75) is 25.8 Å². The van der Waals surface area contributed by atoms with Gasteiger partial charge in [-0.05, 0) is 35.2 Å². The van der Waals surface area contributed by atoms with Crippen molar-refractivity contribution in [1.29, 1.82) is 0 Å². The number of nitrogens with zero attached hydrogens (tertiary/aromatic N) is 2. The molecule has 0 aliphatic rings. The zero-order valence-corrected chi connectivity index (χ0v) is 13.2. The number of aromatic nitrogens is 2. The first kappa shape index (κ1) is 14.3.